The predicted molar refractivity (Wildman–Crippen MR) is 134 cm³/mol. The van der Waals surface area contributed by atoms with Gasteiger partial charge in [-0.05, 0) is 66.2 Å². The van der Waals surface area contributed by atoms with Crippen molar-refractivity contribution < 1.29 is 14.0 Å². The number of carbonyl (C=O) groups excluding carboxylic acids is 2. The standard InChI is InChI=1S/C26H30FN3O2S/c1-17(2)18(3)30(26(32)24-10-7-13-33-24)16-20-15-22(11-12-23(20)29(4)5)28-25(31)19-8-6-9-21(27)14-19/h6-15,17-18H,16H2,1-5H3,(H,28,31). The van der Waals surface area contributed by atoms with Gasteiger partial charge in [0.05, 0.1) is 4.88 Å². The van der Waals surface area contributed by atoms with E-state index in [9.17, 15) is 14.0 Å². The lowest BCUT2D eigenvalue weighted by Crippen LogP contribution is -2.41. The van der Waals surface area contributed by atoms with E-state index in [0.29, 0.717) is 17.1 Å². The third kappa shape index (κ3) is 5.99. The van der Waals surface area contributed by atoms with Crippen LogP contribution in [0.5, 0.6) is 0 Å². The number of nitrogens with one attached hydrogen (secondary N) is 1. The maximum atomic E-state index is 13.5. The van der Waals surface area contributed by atoms with Gasteiger partial charge in [-0.15, -0.1) is 11.3 Å². The average molecular weight is 468 g/mol. The molecule has 0 saturated carbocycles. The minimum atomic E-state index is -0.461. The molecule has 0 radical (unpaired) electrons. The summed E-state index contributed by atoms with van der Waals surface area (Å²) in [5.41, 5.74) is 2.70. The minimum absolute atomic E-state index is 0.00916. The quantitative estimate of drug-likeness (QED) is 0.449. The number of carbonyl (C=O) groups is 2. The molecule has 0 aliphatic rings. The zero-order valence-corrected chi connectivity index (χ0v) is 20.4. The van der Waals surface area contributed by atoms with Crippen LogP contribution in [0.2, 0.25) is 0 Å². The van der Waals surface area contributed by atoms with Gasteiger partial charge in [-0.2, -0.15) is 0 Å². The van der Waals surface area contributed by atoms with Crippen LogP contribution in [-0.4, -0.2) is 36.9 Å². The third-order valence-electron chi connectivity index (χ3n) is 5.70. The molecule has 1 heterocycles. The van der Waals surface area contributed by atoms with Crippen molar-refractivity contribution in [1.82, 2.24) is 4.90 Å². The van der Waals surface area contributed by atoms with Crippen LogP contribution in [0.1, 0.15) is 46.4 Å². The Morgan fingerprint density at radius 3 is 2.39 bits per heavy atom. The molecule has 174 valence electrons. The lowest BCUT2D eigenvalue weighted by molar-refractivity contribution is 0.0633. The maximum absolute atomic E-state index is 13.5. The Hall–Kier alpha value is -3.19. The summed E-state index contributed by atoms with van der Waals surface area (Å²) in [5.74, 6) is -0.588. The van der Waals surface area contributed by atoms with E-state index < -0.39 is 5.82 Å². The second kappa shape index (κ2) is 10.6. The molecule has 0 aliphatic heterocycles. The monoisotopic (exact) mass is 467 g/mol. The molecule has 3 aromatic rings. The summed E-state index contributed by atoms with van der Waals surface area (Å²) in [5, 5.41) is 4.75. The van der Waals surface area contributed by atoms with Crippen molar-refractivity contribution in [3.63, 3.8) is 0 Å². The number of rotatable bonds is 8. The molecule has 1 aromatic heterocycles. The first-order valence-electron chi connectivity index (χ1n) is 10.9. The second-order valence-corrected chi connectivity index (χ2v) is 9.55. The van der Waals surface area contributed by atoms with Crippen molar-refractivity contribution in [1.29, 1.82) is 0 Å². The highest BCUT2D eigenvalue weighted by Gasteiger charge is 2.26. The van der Waals surface area contributed by atoms with Gasteiger partial charge in [0.25, 0.3) is 11.8 Å². The summed E-state index contributed by atoms with van der Waals surface area (Å²) in [6.07, 6.45) is 0. The van der Waals surface area contributed by atoms with Gasteiger partial charge in [-0.3, -0.25) is 9.59 Å². The van der Waals surface area contributed by atoms with Crippen LogP contribution < -0.4 is 10.2 Å². The molecule has 2 aromatic carbocycles. The smallest absolute Gasteiger partial charge is 0.264 e. The van der Waals surface area contributed by atoms with E-state index in [1.54, 1.807) is 6.07 Å². The van der Waals surface area contributed by atoms with Crippen molar-refractivity contribution in [2.24, 2.45) is 5.92 Å². The van der Waals surface area contributed by atoms with Crippen molar-refractivity contribution in [3.8, 4) is 0 Å². The molecule has 1 N–H and O–H groups in total. The first kappa shape index (κ1) is 24.5. The van der Waals surface area contributed by atoms with Crippen molar-refractivity contribution in [2.45, 2.75) is 33.4 Å². The fourth-order valence-corrected chi connectivity index (χ4v) is 4.22. The summed E-state index contributed by atoms with van der Waals surface area (Å²) in [6.45, 7) is 6.65. The SMILES string of the molecule is CC(C)C(C)N(Cc1cc(NC(=O)c2cccc(F)c2)ccc1N(C)C)C(=O)c1cccs1. The van der Waals surface area contributed by atoms with Crippen molar-refractivity contribution >= 4 is 34.5 Å². The molecule has 0 saturated heterocycles. The summed E-state index contributed by atoms with van der Waals surface area (Å²) in [4.78, 5) is 30.5. The predicted octanol–water partition coefficient (Wildman–Crippen LogP) is 5.89. The lowest BCUT2D eigenvalue weighted by atomic mass is 10.0. The zero-order valence-electron chi connectivity index (χ0n) is 19.6. The molecule has 3 rings (SSSR count). The van der Waals surface area contributed by atoms with Crippen molar-refractivity contribution in [3.05, 3.63) is 81.8 Å². The van der Waals surface area contributed by atoms with Gasteiger partial charge in [0.2, 0.25) is 0 Å². The van der Waals surface area contributed by atoms with Crippen molar-refractivity contribution in [2.75, 3.05) is 24.3 Å². The molecule has 1 unspecified atom stereocenters. The van der Waals surface area contributed by atoms with Crippen LogP contribution in [0.4, 0.5) is 15.8 Å². The molecule has 1 atom stereocenters. The van der Waals surface area contributed by atoms with Crippen LogP contribution in [0.15, 0.2) is 60.0 Å². The number of halogens is 1. The normalized spacial score (nSPS) is 11.8. The van der Waals surface area contributed by atoms with Crippen LogP contribution in [0, 0.1) is 11.7 Å². The average Bonchev–Trinajstić information content (AvgIpc) is 3.31. The van der Waals surface area contributed by atoms with Gasteiger partial charge in [0.1, 0.15) is 5.82 Å². The minimum Gasteiger partial charge on any atom is -0.377 e. The number of amides is 2. The topological polar surface area (TPSA) is 52.7 Å². The molecule has 7 heteroatoms. The van der Waals surface area contributed by atoms with Gasteiger partial charge in [0, 0.05) is 43.6 Å². The molecule has 0 spiro atoms. The molecular weight excluding hydrogens is 437 g/mol. The highest BCUT2D eigenvalue weighted by molar-refractivity contribution is 7.12. The van der Waals surface area contributed by atoms with Gasteiger partial charge < -0.3 is 15.1 Å². The van der Waals surface area contributed by atoms with E-state index in [2.05, 4.69) is 26.1 Å². The van der Waals surface area contributed by atoms with Gasteiger partial charge in [0.15, 0.2) is 0 Å². The fourth-order valence-electron chi connectivity index (χ4n) is 3.55. The fraction of sp³-hybridized carbons (Fsp3) is 0.308. The van der Waals surface area contributed by atoms with E-state index in [0.717, 1.165) is 11.3 Å². The first-order valence-corrected chi connectivity index (χ1v) is 11.8. The molecule has 2 amide bonds. The van der Waals surface area contributed by atoms with E-state index in [1.165, 1.54) is 29.5 Å². The van der Waals surface area contributed by atoms with Gasteiger partial charge in [-0.1, -0.05) is 26.0 Å². The van der Waals surface area contributed by atoms with E-state index in [-0.39, 0.29) is 29.3 Å². The molecule has 0 bridgehead atoms. The highest BCUT2D eigenvalue weighted by atomic mass is 32.1. The Morgan fingerprint density at radius 1 is 1.03 bits per heavy atom. The van der Waals surface area contributed by atoms with Crippen LogP contribution in [0.25, 0.3) is 0 Å². The number of thiophene rings is 1. The zero-order chi connectivity index (χ0) is 24.1. The Morgan fingerprint density at radius 2 is 1.79 bits per heavy atom. The summed E-state index contributed by atoms with van der Waals surface area (Å²) < 4.78 is 13.5. The number of benzene rings is 2. The summed E-state index contributed by atoms with van der Waals surface area (Å²) in [6, 6.07) is 14.9. The highest BCUT2D eigenvalue weighted by Crippen LogP contribution is 2.28. The maximum Gasteiger partial charge on any atom is 0.264 e. The lowest BCUT2D eigenvalue weighted by Gasteiger charge is -2.33. The molecule has 0 aliphatic carbocycles. The Bertz CT molecular complexity index is 1110. The van der Waals surface area contributed by atoms with E-state index >= 15 is 0 Å². The molecule has 5 nitrogen and oxygen atoms in total. The molecule has 33 heavy (non-hydrogen) atoms. The van der Waals surface area contributed by atoms with Crippen LogP contribution >= 0.6 is 11.3 Å². The Balaban J connectivity index is 1.93. The van der Waals surface area contributed by atoms with Gasteiger partial charge >= 0.3 is 0 Å². The molecular formula is C26H30FN3O2S. The molecule has 0 fully saturated rings. The number of hydrogen-bond acceptors (Lipinski definition) is 4. The summed E-state index contributed by atoms with van der Waals surface area (Å²) >= 11 is 1.43. The second-order valence-electron chi connectivity index (χ2n) is 8.60. The van der Waals surface area contributed by atoms with E-state index in [4.69, 9.17) is 0 Å². The van der Waals surface area contributed by atoms with Crippen LogP contribution in [0.3, 0.4) is 0 Å². The number of hydrogen-bond donors (Lipinski definition) is 1. The first-order chi connectivity index (χ1) is 15.7. The number of nitrogens with zero attached hydrogens (tertiary/aromatic N) is 2. The van der Waals surface area contributed by atoms with E-state index in [1.807, 2.05) is 59.6 Å². The van der Waals surface area contributed by atoms with Gasteiger partial charge in [-0.25, -0.2) is 4.39 Å². The Kier molecular flexibility index (Phi) is 7.87. The Labute approximate surface area is 198 Å². The van der Waals surface area contributed by atoms with Crippen LogP contribution in [-0.2, 0) is 6.54 Å². The third-order valence-corrected chi connectivity index (χ3v) is 6.55. The summed E-state index contributed by atoms with van der Waals surface area (Å²) in [7, 11) is 3.89. The largest absolute Gasteiger partial charge is 0.377 e. The number of anilines is 2.